The van der Waals surface area contributed by atoms with E-state index in [1.807, 2.05) is 12.1 Å². The van der Waals surface area contributed by atoms with Crippen LogP contribution in [0.15, 0.2) is 52.9 Å². The van der Waals surface area contributed by atoms with Gasteiger partial charge in [0.05, 0.1) is 6.61 Å². The summed E-state index contributed by atoms with van der Waals surface area (Å²) in [7, 11) is 1.52. The molecule has 0 radical (unpaired) electrons. The van der Waals surface area contributed by atoms with Gasteiger partial charge in [-0.15, -0.1) is 0 Å². The number of rotatable bonds is 6. The number of hydrogen-bond donors (Lipinski definition) is 2. The van der Waals surface area contributed by atoms with E-state index in [2.05, 4.69) is 5.32 Å². The first-order chi connectivity index (χ1) is 12.6. The molecule has 0 spiro atoms. The summed E-state index contributed by atoms with van der Waals surface area (Å²) in [5, 5.41) is 12.5. The van der Waals surface area contributed by atoms with E-state index in [0.29, 0.717) is 16.8 Å². The number of benzene rings is 2. The highest BCUT2D eigenvalue weighted by Gasteiger charge is 2.22. The molecule has 0 aliphatic rings. The molecule has 26 heavy (non-hydrogen) atoms. The second-order valence-electron chi connectivity index (χ2n) is 5.51. The van der Waals surface area contributed by atoms with Crippen LogP contribution in [0.3, 0.4) is 0 Å². The van der Waals surface area contributed by atoms with Gasteiger partial charge in [0.2, 0.25) is 5.76 Å². The van der Waals surface area contributed by atoms with Gasteiger partial charge in [0.1, 0.15) is 11.3 Å². The summed E-state index contributed by atoms with van der Waals surface area (Å²) in [5.41, 5.74) is 1.60. The van der Waals surface area contributed by atoms with Crippen LogP contribution >= 0.6 is 0 Å². The van der Waals surface area contributed by atoms with Gasteiger partial charge in [0.15, 0.2) is 6.61 Å². The van der Waals surface area contributed by atoms with Crippen molar-refractivity contribution in [2.75, 3.05) is 19.0 Å². The minimum Gasteiger partial charge on any atom is -0.508 e. The van der Waals surface area contributed by atoms with Gasteiger partial charge in [-0.2, -0.15) is 0 Å². The van der Waals surface area contributed by atoms with Crippen LogP contribution < -0.4 is 5.32 Å². The Bertz CT molecular complexity index is 929. The number of carbonyl (C=O) groups excluding carboxylic acids is 2. The van der Waals surface area contributed by atoms with Crippen LogP contribution in [0.2, 0.25) is 0 Å². The van der Waals surface area contributed by atoms with E-state index >= 15 is 0 Å². The number of fused-ring (bicyclic) bond motifs is 1. The Balaban J connectivity index is 1.68. The van der Waals surface area contributed by atoms with Gasteiger partial charge >= 0.3 is 5.97 Å². The monoisotopic (exact) mass is 355 g/mol. The summed E-state index contributed by atoms with van der Waals surface area (Å²) in [6.45, 7) is -0.287. The van der Waals surface area contributed by atoms with Crippen molar-refractivity contribution in [2.45, 2.75) is 6.61 Å². The number of para-hydroxylation sites is 1. The third kappa shape index (κ3) is 3.84. The lowest BCUT2D eigenvalue weighted by Gasteiger charge is -2.06. The fraction of sp³-hybridized carbons (Fsp3) is 0.158. The van der Waals surface area contributed by atoms with E-state index in [9.17, 15) is 14.7 Å². The number of phenols is 1. The van der Waals surface area contributed by atoms with Gasteiger partial charge in [0, 0.05) is 23.7 Å². The molecule has 3 rings (SSSR count). The molecule has 134 valence electrons. The molecule has 1 aromatic heterocycles. The number of aromatic hydroxyl groups is 1. The fourth-order valence-electron chi connectivity index (χ4n) is 2.49. The molecule has 7 heteroatoms. The van der Waals surface area contributed by atoms with Crippen LogP contribution in [0, 0.1) is 0 Å². The summed E-state index contributed by atoms with van der Waals surface area (Å²) in [5.74, 6) is -1.14. The second kappa shape index (κ2) is 7.71. The van der Waals surface area contributed by atoms with Gasteiger partial charge in [-0.3, -0.25) is 4.79 Å². The Labute approximate surface area is 149 Å². The smallest absolute Gasteiger partial charge is 0.375 e. The number of carbonyl (C=O) groups is 2. The van der Waals surface area contributed by atoms with Crippen LogP contribution in [0.5, 0.6) is 5.75 Å². The Morgan fingerprint density at radius 2 is 1.85 bits per heavy atom. The summed E-state index contributed by atoms with van der Waals surface area (Å²) in [6, 6.07) is 13.1. The van der Waals surface area contributed by atoms with Crippen molar-refractivity contribution in [1.29, 1.82) is 0 Å². The molecule has 0 saturated carbocycles. The molecule has 0 aliphatic heterocycles. The zero-order valence-corrected chi connectivity index (χ0v) is 14.0. The highest BCUT2D eigenvalue weighted by molar-refractivity contribution is 5.98. The molecule has 0 aliphatic carbocycles. The first-order valence-corrected chi connectivity index (χ1v) is 7.84. The maximum atomic E-state index is 12.3. The SMILES string of the molecule is COCc1c(C(=O)OCC(=O)Nc2ccc(O)cc2)oc2ccccc12. The number of hydrogen-bond acceptors (Lipinski definition) is 6. The fourth-order valence-corrected chi connectivity index (χ4v) is 2.49. The zero-order chi connectivity index (χ0) is 18.5. The van der Waals surface area contributed by atoms with Crippen LogP contribution in [-0.2, 0) is 20.9 Å². The standard InChI is InChI=1S/C19H17NO6/c1-24-10-15-14-4-2-3-5-16(14)26-18(15)19(23)25-11-17(22)20-12-6-8-13(21)9-7-12/h2-9,21H,10-11H2,1H3,(H,20,22). The first kappa shape index (κ1) is 17.5. The molecule has 0 fully saturated rings. The van der Waals surface area contributed by atoms with Crippen LogP contribution in [0.4, 0.5) is 5.69 Å². The maximum absolute atomic E-state index is 12.3. The molecule has 1 heterocycles. The lowest BCUT2D eigenvalue weighted by atomic mass is 10.1. The number of nitrogens with one attached hydrogen (secondary N) is 1. The minimum atomic E-state index is -0.742. The van der Waals surface area contributed by atoms with Crippen molar-refractivity contribution in [1.82, 2.24) is 0 Å². The van der Waals surface area contributed by atoms with Crippen molar-refractivity contribution >= 4 is 28.5 Å². The van der Waals surface area contributed by atoms with Crippen molar-refractivity contribution in [3.63, 3.8) is 0 Å². The Morgan fingerprint density at radius 3 is 2.58 bits per heavy atom. The zero-order valence-electron chi connectivity index (χ0n) is 14.0. The van der Waals surface area contributed by atoms with E-state index in [1.165, 1.54) is 31.4 Å². The van der Waals surface area contributed by atoms with E-state index in [-0.39, 0.29) is 18.1 Å². The van der Waals surface area contributed by atoms with Gasteiger partial charge in [-0.1, -0.05) is 18.2 Å². The van der Waals surface area contributed by atoms with Crippen LogP contribution in [-0.4, -0.2) is 30.7 Å². The van der Waals surface area contributed by atoms with Gasteiger partial charge < -0.3 is 24.3 Å². The van der Waals surface area contributed by atoms with Gasteiger partial charge in [0.25, 0.3) is 5.91 Å². The largest absolute Gasteiger partial charge is 0.508 e. The third-order valence-electron chi connectivity index (χ3n) is 3.66. The van der Waals surface area contributed by atoms with Crippen LogP contribution in [0.1, 0.15) is 16.1 Å². The van der Waals surface area contributed by atoms with Crippen molar-refractivity contribution in [2.24, 2.45) is 0 Å². The van der Waals surface area contributed by atoms with Gasteiger partial charge in [-0.25, -0.2) is 4.79 Å². The lowest BCUT2D eigenvalue weighted by Crippen LogP contribution is -2.21. The number of amides is 1. The predicted octanol–water partition coefficient (Wildman–Crippen LogP) is 3.08. The van der Waals surface area contributed by atoms with E-state index in [1.54, 1.807) is 12.1 Å². The molecule has 0 atom stereocenters. The topological polar surface area (TPSA) is 98.0 Å². The molecular formula is C19H17NO6. The normalized spacial score (nSPS) is 10.7. The number of esters is 1. The maximum Gasteiger partial charge on any atom is 0.375 e. The molecule has 3 aromatic rings. The summed E-state index contributed by atoms with van der Waals surface area (Å²) < 4.78 is 15.7. The van der Waals surface area contributed by atoms with Crippen molar-refractivity contribution in [3.8, 4) is 5.75 Å². The number of ether oxygens (including phenoxy) is 2. The first-order valence-electron chi connectivity index (χ1n) is 7.84. The molecule has 0 bridgehead atoms. The average Bonchev–Trinajstić information content (AvgIpc) is 3.01. The molecule has 0 unspecified atom stereocenters. The summed E-state index contributed by atoms with van der Waals surface area (Å²) >= 11 is 0. The van der Waals surface area contributed by atoms with E-state index in [0.717, 1.165) is 5.39 Å². The number of furan rings is 1. The predicted molar refractivity (Wildman–Crippen MR) is 93.9 cm³/mol. The molecule has 0 saturated heterocycles. The summed E-state index contributed by atoms with van der Waals surface area (Å²) in [4.78, 5) is 24.2. The molecular weight excluding hydrogens is 338 g/mol. The Morgan fingerprint density at radius 1 is 1.12 bits per heavy atom. The number of methoxy groups -OCH3 is 1. The minimum absolute atomic E-state index is 0.0190. The van der Waals surface area contributed by atoms with Crippen LogP contribution in [0.25, 0.3) is 11.0 Å². The second-order valence-corrected chi connectivity index (χ2v) is 5.51. The average molecular weight is 355 g/mol. The molecule has 1 amide bonds. The number of phenolic OH excluding ortho intramolecular Hbond substituents is 1. The summed E-state index contributed by atoms with van der Waals surface area (Å²) in [6.07, 6.45) is 0. The Kier molecular flexibility index (Phi) is 5.19. The Hall–Kier alpha value is -3.32. The lowest BCUT2D eigenvalue weighted by molar-refractivity contribution is -0.119. The van der Waals surface area contributed by atoms with Crippen molar-refractivity contribution < 1.29 is 28.6 Å². The third-order valence-corrected chi connectivity index (χ3v) is 3.66. The highest BCUT2D eigenvalue weighted by Crippen LogP contribution is 2.27. The van der Waals surface area contributed by atoms with Gasteiger partial charge in [-0.05, 0) is 30.3 Å². The number of anilines is 1. The van der Waals surface area contributed by atoms with Crippen molar-refractivity contribution in [3.05, 3.63) is 59.9 Å². The molecule has 2 aromatic carbocycles. The molecule has 7 nitrogen and oxygen atoms in total. The molecule has 2 N–H and O–H groups in total. The van der Waals surface area contributed by atoms with E-state index in [4.69, 9.17) is 13.9 Å². The van der Waals surface area contributed by atoms with E-state index < -0.39 is 18.5 Å². The quantitative estimate of drug-likeness (QED) is 0.521. The highest BCUT2D eigenvalue weighted by atomic mass is 16.5.